The fourth-order valence-electron chi connectivity index (χ4n) is 3.14. The summed E-state index contributed by atoms with van der Waals surface area (Å²) in [4.78, 5) is 17.1. The molecule has 0 radical (unpaired) electrons. The van der Waals surface area contributed by atoms with Gasteiger partial charge < -0.3 is 14.6 Å². The number of aromatic nitrogens is 4. The van der Waals surface area contributed by atoms with Gasteiger partial charge in [0.1, 0.15) is 5.82 Å². The number of anilines is 1. The van der Waals surface area contributed by atoms with Gasteiger partial charge in [-0.25, -0.2) is 9.67 Å². The molecule has 3 aromatic rings. The Bertz CT molecular complexity index is 924. The fraction of sp³-hybridized carbons (Fsp3) is 0.412. The predicted octanol–water partition coefficient (Wildman–Crippen LogP) is 2.32. The lowest BCUT2D eigenvalue weighted by molar-refractivity contribution is 0.102. The van der Waals surface area contributed by atoms with Crippen LogP contribution in [0, 0.1) is 19.8 Å². The standard InChI is InChI=1S/C17H19N5O3/c1-10-7-13(15-11(2)21-25-17(15)19-10)16(23)20-14-3-5-18-22(14)8-12-4-6-24-9-12/h3,5,7,12H,4,6,8-9H2,1-2H3,(H,20,23). The minimum atomic E-state index is -0.230. The summed E-state index contributed by atoms with van der Waals surface area (Å²) in [6.45, 7) is 5.86. The normalized spacial score (nSPS) is 17.3. The summed E-state index contributed by atoms with van der Waals surface area (Å²) < 4.78 is 12.4. The van der Waals surface area contributed by atoms with Gasteiger partial charge in [0.2, 0.25) is 0 Å². The molecule has 1 saturated heterocycles. The number of nitrogens with zero attached hydrogens (tertiary/aromatic N) is 4. The van der Waals surface area contributed by atoms with E-state index in [-0.39, 0.29) is 5.91 Å². The highest BCUT2D eigenvalue weighted by Gasteiger charge is 2.21. The summed E-state index contributed by atoms with van der Waals surface area (Å²) >= 11 is 0. The molecule has 8 nitrogen and oxygen atoms in total. The van der Waals surface area contributed by atoms with Crippen LogP contribution >= 0.6 is 0 Å². The van der Waals surface area contributed by atoms with Gasteiger partial charge in [0.15, 0.2) is 0 Å². The first kappa shape index (κ1) is 15.8. The molecule has 0 bridgehead atoms. The molecule has 3 aromatic heterocycles. The Morgan fingerprint density at radius 1 is 1.44 bits per heavy atom. The van der Waals surface area contributed by atoms with Crippen LogP contribution in [0.4, 0.5) is 5.82 Å². The Kier molecular flexibility index (Phi) is 3.96. The quantitative estimate of drug-likeness (QED) is 0.782. The zero-order chi connectivity index (χ0) is 17.4. The average molecular weight is 341 g/mol. The van der Waals surface area contributed by atoms with E-state index >= 15 is 0 Å². The molecule has 0 aliphatic carbocycles. The van der Waals surface area contributed by atoms with Gasteiger partial charge in [-0.3, -0.25) is 4.79 Å². The molecule has 0 spiro atoms. The maximum absolute atomic E-state index is 12.8. The molecule has 1 aliphatic heterocycles. The number of aryl methyl sites for hydroxylation is 2. The molecule has 1 N–H and O–H groups in total. The SMILES string of the molecule is Cc1cc(C(=O)Nc2ccnn2CC2CCOC2)c2c(C)noc2n1. The van der Waals surface area contributed by atoms with Crippen LogP contribution in [0.5, 0.6) is 0 Å². The molecular weight excluding hydrogens is 322 g/mol. The van der Waals surface area contributed by atoms with Gasteiger partial charge in [0.05, 0.1) is 29.4 Å². The van der Waals surface area contributed by atoms with E-state index in [4.69, 9.17) is 9.26 Å². The van der Waals surface area contributed by atoms with Crippen LogP contribution in [0.1, 0.15) is 28.2 Å². The number of amides is 1. The highest BCUT2D eigenvalue weighted by Crippen LogP contribution is 2.23. The van der Waals surface area contributed by atoms with Crippen molar-refractivity contribution in [3.05, 3.63) is 35.3 Å². The third-order valence-corrected chi connectivity index (χ3v) is 4.40. The molecule has 0 saturated carbocycles. The molecule has 8 heteroatoms. The summed E-state index contributed by atoms with van der Waals surface area (Å²) in [7, 11) is 0. The summed E-state index contributed by atoms with van der Waals surface area (Å²) in [5, 5.41) is 11.8. The topological polar surface area (TPSA) is 95.1 Å². The van der Waals surface area contributed by atoms with Crippen molar-refractivity contribution in [2.75, 3.05) is 18.5 Å². The van der Waals surface area contributed by atoms with E-state index in [9.17, 15) is 4.79 Å². The van der Waals surface area contributed by atoms with Crippen LogP contribution in [0.2, 0.25) is 0 Å². The maximum atomic E-state index is 12.8. The molecule has 0 aromatic carbocycles. The van der Waals surface area contributed by atoms with E-state index in [0.29, 0.717) is 39.8 Å². The van der Waals surface area contributed by atoms with Crippen LogP contribution in [0.25, 0.3) is 11.1 Å². The maximum Gasteiger partial charge on any atom is 0.258 e. The number of pyridine rings is 1. The molecular formula is C17H19N5O3. The van der Waals surface area contributed by atoms with Crippen molar-refractivity contribution in [1.29, 1.82) is 0 Å². The van der Waals surface area contributed by atoms with E-state index < -0.39 is 0 Å². The number of fused-ring (bicyclic) bond motifs is 1. The number of rotatable bonds is 4. The van der Waals surface area contributed by atoms with Crippen molar-refractivity contribution in [3.8, 4) is 0 Å². The second-order valence-electron chi connectivity index (χ2n) is 6.34. The van der Waals surface area contributed by atoms with Gasteiger partial charge >= 0.3 is 0 Å². The molecule has 1 aliphatic rings. The number of carbonyl (C=O) groups excluding carboxylic acids is 1. The van der Waals surface area contributed by atoms with Crippen molar-refractivity contribution in [2.24, 2.45) is 5.92 Å². The lowest BCUT2D eigenvalue weighted by Crippen LogP contribution is -2.19. The fourth-order valence-corrected chi connectivity index (χ4v) is 3.14. The van der Waals surface area contributed by atoms with Gasteiger partial charge in [-0.05, 0) is 26.3 Å². The molecule has 130 valence electrons. The average Bonchev–Trinajstić information content (AvgIpc) is 3.31. The number of hydrogen-bond acceptors (Lipinski definition) is 6. The van der Waals surface area contributed by atoms with Crippen LogP contribution in [-0.2, 0) is 11.3 Å². The third-order valence-electron chi connectivity index (χ3n) is 4.40. The minimum Gasteiger partial charge on any atom is -0.381 e. The minimum absolute atomic E-state index is 0.230. The predicted molar refractivity (Wildman–Crippen MR) is 90.4 cm³/mol. The molecule has 4 rings (SSSR count). The van der Waals surface area contributed by atoms with E-state index in [1.54, 1.807) is 25.3 Å². The van der Waals surface area contributed by atoms with Crippen LogP contribution in [-0.4, -0.2) is 39.0 Å². The molecule has 1 fully saturated rings. The van der Waals surface area contributed by atoms with Crippen LogP contribution < -0.4 is 5.32 Å². The van der Waals surface area contributed by atoms with Gasteiger partial charge in [-0.15, -0.1) is 0 Å². The zero-order valence-corrected chi connectivity index (χ0v) is 14.2. The Morgan fingerprint density at radius 2 is 2.32 bits per heavy atom. The van der Waals surface area contributed by atoms with Crippen molar-refractivity contribution in [1.82, 2.24) is 19.9 Å². The Hall–Kier alpha value is -2.74. The second-order valence-corrected chi connectivity index (χ2v) is 6.34. The van der Waals surface area contributed by atoms with Crippen molar-refractivity contribution in [2.45, 2.75) is 26.8 Å². The van der Waals surface area contributed by atoms with Gasteiger partial charge in [0.25, 0.3) is 11.6 Å². The summed E-state index contributed by atoms with van der Waals surface area (Å²) in [6, 6.07) is 3.53. The lowest BCUT2D eigenvalue weighted by atomic mass is 10.1. The molecule has 4 heterocycles. The van der Waals surface area contributed by atoms with Gasteiger partial charge in [-0.2, -0.15) is 5.10 Å². The Balaban J connectivity index is 1.61. The molecule has 1 amide bonds. The molecule has 25 heavy (non-hydrogen) atoms. The molecule has 1 atom stereocenters. The summed E-state index contributed by atoms with van der Waals surface area (Å²) in [5.41, 5.74) is 2.21. The smallest absolute Gasteiger partial charge is 0.258 e. The lowest BCUT2D eigenvalue weighted by Gasteiger charge is -2.12. The van der Waals surface area contributed by atoms with Crippen molar-refractivity contribution < 1.29 is 14.1 Å². The monoisotopic (exact) mass is 341 g/mol. The van der Waals surface area contributed by atoms with Gasteiger partial charge in [0, 0.05) is 30.8 Å². The van der Waals surface area contributed by atoms with E-state index in [1.807, 2.05) is 11.6 Å². The Morgan fingerprint density at radius 3 is 3.12 bits per heavy atom. The number of nitrogens with one attached hydrogen (secondary N) is 1. The van der Waals surface area contributed by atoms with E-state index in [0.717, 1.165) is 26.2 Å². The van der Waals surface area contributed by atoms with Crippen LogP contribution in [0.3, 0.4) is 0 Å². The first-order valence-electron chi connectivity index (χ1n) is 8.26. The summed E-state index contributed by atoms with van der Waals surface area (Å²) in [5.74, 6) is 0.852. The number of ether oxygens (including phenoxy) is 1. The number of hydrogen-bond donors (Lipinski definition) is 1. The number of carbonyl (C=O) groups is 1. The first-order valence-corrected chi connectivity index (χ1v) is 8.26. The van der Waals surface area contributed by atoms with Crippen LogP contribution in [0.15, 0.2) is 22.9 Å². The third kappa shape index (κ3) is 3.00. The van der Waals surface area contributed by atoms with E-state index in [2.05, 4.69) is 20.6 Å². The molecule has 1 unspecified atom stereocenters. The van der Waals surface area contributed by atoms with Gasteiger partial charge in [-0.1, -0.05) is 5.16 Å². The zero-order valence-electron chi connectivity index (χ0n) is 14.2. The largest absolute Gasteiger partial charge is 0.381 e. The Labute approximate surface area is 144 Å². The second kappa shape index (κ2) is 6.29. The first-order chi connectivity index (χ1) is 12.1. The van der Waals surface area contributed by atoms with E-state index in [1.165, 1.54) is 0 Å². The van der Waals surface area contributed by atoms with Crippen molar-refractivity contribution >= 4 is 22.8 Å². The highest BCUT2D eigenvalue weighted by molar-refractivity contribution is 6.12. The summed E-state index contributed by atoms with van der Waals surface area (Å²) in [6.07, 6.45) is 2.70. The van der Waals surface area contributed by atoms with Crippen molar-refractivity contribution in [3.63, 3.8) is 0 Å². The highest BCUT2D eigenvalue weighted by atomic mass is 16.5.